The van der Waals surface area contributed by atoms with Crippen LogP contribution in [-0.4, -0.2) is 21.0 Å². The van der Waals surface area contributed by atoms with Gasteiger partial charge in [-0.25, -0.2) is 9.37 Å². The summed E-state index contributed by atoms with van der Waals surface area (Å²) in [5, 5.41) is 6.86. The lowest BCUT2D eigenvalue weighted by molar-refractivity contribution is -0.116. The number of hydrogen-bond acceptors (Lipinski definition) is 6. The van der Waals surface area contributed by atoms with Crippen LogP contribution >= 0.6 is 0 Å². The summed E-state index contributed by atoms with van der Waals surface area (Å²) in [4.78, 5) is 20.9. The third kappa shape index (κ3) is 4.91. The highest BCUT2D eigenvalue weighted by atomic mass is 19.1. The monoisotopic (exact) mass is 434 g/mol. The van der Waals surface area contributed by atoms with Crippen molar-refractivity contribution in [3.8, 4) is 22.7 Å². The van der Waals surface area contributed by atoms with Crippen LogP contribution in [-0.2, 0) is 16.6 Å². The summed E-state index contributed by atoms with van der Waals surface area (Å²) in [6.45, 7) is 6.01. The van der Waals surface area contributed by atoms with Crippen molar-refractivity contribution >= 4 is 11.6 Å². The van der Waals surface area contributed by atoms with Gasteiger partial charge in [-0.15, -0.1) is 0 Å². The van der Waals surface area contributed by atoms with E-state index in [2.05, 4.69) is 20.4 Å². The number of nitrogens with zero attached hydrogens (tertiary/aromatic N) is 3. The summed E-state index contributed by atoms with van der Waals surface area (Å²) in [6.07, 6.45) is 1.95. The zero-order valence-corrected chi connectivity index (χ0v) is 18.1. The molecule has 2 aromatic carbocycles. The number of hydrogen-bond donors (Lipinski definition) is 1. The lowest BCUT2D eigenvalue weighted by atomic mass is 9.97. The van der Waals surface area contributed by atoms with Gasteiger partial charge in [0.15, 0.2) is 11.7 Å². The number of halogens is 1. The van der Waals surface area contributed by atoms with Gasteiger partial charge in [-0.3, -0.25) is 4.79 Å². The molecule has 0 fully saturated rings. The maximum Gasteiger partial charge on any atom is 0.232 e. The largest absolute Gasteiger partial charge is 0.441 e. The standard InChI is InChI=1S/C24H23FN4O3/c1-24(2,3)23-28-22(29-32-23)15-8-10-16(11-9-15)27-20(30)12-13-21-26-14-19(31-21)17-6-4-5-7-18(17)25/h4-11,14H,12-13H2,1-3H3,(H,27,30). The Morgan fingerprint density at radius 2 is 1.84 bits per heavy atom. The molecule has 0 aliphatic heterocycles. The lowest BCUT2D eigenvalue weighted by Gasteiger charge is -2.10. The van der Waals surface area contributed by atoms with E-state index < -0.39 is 0 Å². The molecule has 2 heterocycles. The van der Waals surface area contributed by atoms with E-state index in [1.165, 1.54) is 12.3 Å². The highest BCUT2D eigenvalue weighted by Gasteiger charge is 2.22. The van der Waals surface area contributed by atoms with Gasteiger partial charge in [0.25, 0.3) is 0 Å². The fourth-order valence-corrected chi connectivity index (χ4v) is 3.00. The molecule has 0 unspecified atom stereocenters. The van der Waals surface area contributed by atoms with Gasteiger partial charge in [-0.2, -0.15) is 4.98 Å². The van der Waals surface area contributed by atoms with E-state index in [0.29, 0.717) is 41.0 Å². The molecule has 1 N–H and O–H groups in total. The van der Waals surface area contributed by atoms with E-state index in [9.17, 15) is 9.18 Å². The van der Waals surface area contributed by atoms with E-state index in [-0.39, 0.29) is 23.6 Å². The van der Waals surface area contributed by atoms with Crippen LogP contribution in [0.3, 0.4) is 0 Å². The second kappa shape index (κ2) is 8.74. The van der Waals surface area contributed by atoms with Gasteiger partial charge in [0, 0.05) is 29.5 Å². The van der Waals surface area contributed by atoms with Crippen LogP contribution in [0.1, 0.15) is 39.0 Å². The van der Waals surface area contributed by atoms with E-state index in [4.69, 9.17) is 8.94 Å². The van der Waals surface area contributed by atoms with Crippen molar-refractivity contribution in [1.82, 2.24) is 15.1 Å². The molecule has 0 aliphatic rings. The van der Waals surface area contributed by atoms with Gasteiger partial charge < -0.3 is 14.3 Å². The van der Waals surface area contributed by atoms with Crippen molar-refractivity contribution in [3.63, 3.8) is 0 Å². The van der Waals surface area contributed by atoms with Crippen molar-refractivity contribution in [2.45, 2.75) is 39.0 Å². The predicted octanol–water partition coefficient (Wildman–Crippen LogP) is 5.40. The van der Waals surface area contributed by atoms with Crippen LogP contribution in [0.15, 0.2) is 63.7 Å². The minimum absolute atomic E-state index is 0.179. The highest BCUT2D eigenvalue weighted by Crippen LogP contribution is 2.25. The highest BCUT2D eigenvalue weighted by molar-refractivity contribution is 5.91. The van der Waals surface area contributed by atoms with Gasteiger partial charge in [0.1, 0.15) is 5.82 Å². The molecule has 0 aliphatic carbocycles. The molecular formula is C24H23FN4O3. The van der Waals surface area contributed by atoms with Crippen LogP contribution in [0.25, 0.3) is 22.7 Å². The Bertz CT molecular complexity index is 1220. The maximum absolute atomic E-state index is 13.9. The Kier molecular flexibility index (Phi) is 5.85. The van der Waals surface area contributed by atoms with Crippen LogP contribution in [0.2, 0.25) is 0 Å². The lowest BCUT2D eigenvalue weighted by Crippen LogP contribution is -2.12. The summed E-state index contributed by atoms with van der Waals surface area (Å²) in [7, 11) is 0. The molecule has 8 heteroatoms. The van der Waals surface area contributed by atoms with Gasteiger partial charge in [0.2, 0.25) is 17.6 Å². The van der Waals surface area contributed by atoms with E-state index in [1.807, 2.05) is 32.9 Å². The van der Waals surface area contributed by atoms with Crippen molar-refractivity contribution in [2.24, 2.45) is 0 Å². The fourth-order valence-electron chi connectivity index (χ4n) is 3.00. The molecule has 0 spiro atoms. The van der Waals surface area contributed by atoms with Crippen LogP contribution in [0, 0.1) is 5.82 Å². The summed E-state index contributed by atoms with van der Waals surface area (Å²) in [5.41, 5.74) is 1.56. The minimum atomic E-state index is -0.383. The first kappa shape index (κ1) is 21.4. The molecule has 7 nitrogen and oxygen atoms in total. The van der Waals surface area contributed by atoms with Crippen molar-refractivity contribution < 1.29 is 18.1 Å². The van der Waals surface area contributed by atoms with Crippen LogP contribution < -0.4 is 5.32 Å². The van der Waals surface area contributed by atoms with Crippen LogP contribution in [0.5, 0.6) is 0 Å². The third-order valence-corrected chi connectivity index (χ3v) is 4.75. The molecule has 0 atom stereocenters. The molecule has 164 valence electrons. The van der Waals surface area contributed by atoms with Gasteiger partial charge in [0.05, 0.1) is 11.8 Å². The maximum atomic E-state index is 13.9. The average Bonchev–Trinajstić information content (AvgIpc) is 3.43. The smallest absolute Gasteiger partial charge is 0.232 e. The molecule has 0 saturated heterocycles. The predicted molar refractivity (Wildman–Crippen MR) is 117 cm³/mol. The Morgan fingerprint density at radius 1 is 1.09 bits per heavy atom. The van der Waals surface area contributed by atoms with Gasteiger partial charge in [-0.1, -0.05) is 38.1 Å². The molecule has 2 aromatic heterocycles. The molecule has 0 bridgehead atoms. The molecule has 32 heavy (non-hydrogen) atoms. The first-order valence-corrected chi connectivity index (χ1v) is 10.2. The van der Waals surface area contributed by atoms with Crippen molar-refractivity contribution in [3.05, 3.63) is 72.3 Å². The van der Waals surface area contributed by atoms with E-state index >= 15 is 0 Å². The Balaban J connectivity index is 1.33. The second-order valence-corrected chi connectivity index (χ2v) is 8.40. The SMILES string of the molecule is CC(C)(C)c1nc(-c2ccc(NC(=O)CCc3ncc(-c4ccccc4F)o3)cc2)no1. The molecular weight excluding hydrogens is 411 g/mol. The average molecular weight is 434 g/mol. The van der Waals surface area contributed by atoms with E-state index in [1.54, 1.807) is 30.3 Å². The summed E-state index contributed by atoms with van der Waals surface area (Å²) >= 11 is 0. The number of amides is 1. The second-order valence-electron chi connectivity index (χ2n) is 8.40. The summed E-state index contributed by atoms with van der Waals surface area (Å²) in [5.74, 6) is 1.22. The number of anilines is 1. The number of carbonyl (C=O) groups excluding carboxylic acids is 1. The van der Waals surface area contributed by atoms with Crippen LogP contribution in [0.4, 0.5) is 10.1 Å². The number of oxazole rings is 1. The molecule has 1 amide bonds. The number of benzene rings is 2. The number of aryl methyl sites for hydroxylation is 1. The number of aromatic nitrogens is 3. The third-order valence-electron chi connectivity index (χ3n) is 4.75. The Morgan fingerprint density at radius 3 is 2.53 bits per heavy atom. The molecule has 4 aromatic rings. The first-order valence-electron chi connectivity index (χ1n) is 10.2. The number of carbonyl (C=O) groups is 1. The Labute approximate surface area is 184 Å². The summed E-state index contributed by atoms with van der Waals surface area (Å²) in [6, 6.07) is 13.5. The topological polar surface area (TPSA) is 94.1 Å². The van der Waals surface area contributed by atoms with Gasteiger partial charge in [-0.05, 0) is 36.4 Å². The quantitative estimate of drug-likeness (QED) is 0.437. The first-order chi connectivity index (χ1) is 15.3. The normalized spacial score (nSPS) is 11.5. The minimum Gasteiger partial charge on any atom is -0.441 e. The van der Waals surface area contributed by atoms with Gasteiger partial charge >= 0.3 is 0 Å². The summed E-state index contributed by atoms with van der Waals surface area (Å²) < 4.78 is 24.8. The Hall–Kier alpha value is -3.81. The number of nitrogens with one attached hydrogen (secondary N) is 1. The number of rotatable bonds is 6. The van der Waals surface area contributed by atoms with Crippen molar-refractivity contribution in [1.29, 1.82) is 0 Å². The zero-order chi connectivity index (χ0) is 22.7. The fraction of sp³-hybridized carbons (Fsp3) is 0.250. The molecule has 4 rings (SSSR count). The zero-order valence-electron chi connectivity index (χ0n) is 18.1. The molecule has 0 saturated carbocycles. The van der Waals surface area contributed by atoms with Crippen molar-refractivity contribution in [2.75, 3.05) is 5.32 Å². The van der Waals surface area contributed by atoms with E-state index in [0.717, 1.165) is 5.56 Å². The molecule has 0 radical (unpaired) electrons.